The number of rotatable bonds is 2. The van der Waals surface area contributed by atoms with Crippen LogP contribution in [0.4, 0.5) is 8.78 Å². The van der Waals surface area contributed by atoms with E-state index in [1.54, 1.807) is 0 Å². The number of thiophene rings is 1. The molecule has 19 heavy (non-hydrogen) atoms. The van der Waals surface area contributed by atoms with Crippen LogP contribution in [-0.2, 0) is 12.8 Å². The normalized spacial score (nSPS) is 16.2. The third-order valence-corrected chi connectivity index (χ3v) is 4.83. The van der Waals surface area contributed by atoms with Crippen LogP contribution in [0, 0.1) is 11.6 Å². The summed E-state index contributed by atoms with van der Waals surface area (Å²) >= 11 is 1.51. The van der Waals surface area contributed by atoms with Crippen LogP contribution in [-0.4, -0.2) is 5.11 Å². The van der Waals surface area contributed by atoms with E-state index in [1.807, 2.05) is 6.07 Å². The van der Waals surface area contributed by atoms with Gasteiger partial charge in [0.2, 0.25) is 0 Å². The Balaban J connectivity index is 1.97. The minimum atomic E-state index is -1.08. The van der Waals surface area contributed by atoms with E-state index in [0.717, 1.165) is 43.9 Å². The molecule has 0 saturated heterocycles. The van der Waals surface area contributed by atoms with E-state index in [0.29, 0.717) is 4.88 Å². The maximum Gasteiger partial charge on any atom is 0.129 e. The molecule has 0 fully saturated rings. The Labute approximate surface area is 114 Å². The maximum absolute atomic E-state index is 13.7. The third-order valence-electron chi connectivity index (χ3n) is 3.54. The molecule has 2 aromatic rings. The minimum absolute atomic E-state index is 0.0126. The van der Waals surface area contributed by atoms with E-state index in [-0.39, 0.29) is 5.56 Å². The van der Waals surface area contributed by atoms with Gasteiger partial charge in [-0.2, -0.15) is 0 Å². The Hall–Kier alpha value is -1.26. The summed E-state index contributed by atoms with van der Waals surface area (Å²) in [4.78, 5) is 1.98. The van der Waals surface area contributed by atoms with Gasteiger partial charge in [-0.1, -0.05) is 0 Å². The first-order valence-corrected chi connectivity index (χ1v) is 7.21. The molecule has 3 rings (SSSR count). The standard InChI is InChI=1S/C15H14F2OS/c16-10-5-6-12(17)11(8-10)15(18)14-7-9-3-1-2-4-13(9)19-14/h5-8,15,18H,1-4H2. The van der Waals surface area contributed by atoms with Crippen LogP contribution < -0.4 is 0 Å². The van der Waals surface area contributed by atoms with Crippen LogP contribution in [0.3, 0.4) is 0 Å². The monoisotopic (exact) mass is 280 g/mol. The molecule has 0 radical (unpaired) electrons. The highest BCUT2D eigenvalue weighted by molar-refractivity contribution is 7.12. The van der Waals surface area contributed by atoms with Crippen molar-refractivity contribution in [3.63, 3.8) is 0 Å². The molecule has 0 saturated carbocycles. The second kappa shape index (κ2) is 5.02. The Morgan fingerprint density at radius 1 is 1.11 bits per heavy atom. The van der Waals surface area contributed by atoms with E-state index in [2.05, 4.69) is 0 Å². The average molecular weight is 280 g/mol. The zero-order valence-corrected chi connectivity index (χ0v) is 11.1. The summed E-state index contributed by atoms with van der Waals surface area (Å²) in [6.07, 6.45) is 3.29. The Morgan fingerprint density at radius 2 is 1.89 bits per heavy atom. The molecule has 0 amide bonds. The number of aliphatic hydroxyl groups excluding tert-OH is 1. The SMILES string of the molecule is OC(c1cc2c(s1)CCCC2)c1cc(F)ccc1F. The van der Waals surface area contributed by atoms with Gasteiger partial charge >= 0.3 is 0 Å². The van der Waals surface area contributed by atoms with E-state index in [4.69, 9.17) is 0 Å². The molecule has 1 nitrogen and oxygen atoms in total. The van der Waals surface area contributed by atoms with E-state index in [1.165, 1.54) is 21.8 Å². The lowest BCUT2D eigenvalue weighted by atomic mass is 9.98. The fraction of sp³-hybridized carbons (Fsp3) is 0.333. The van der Waals surface area contributed by atoms with Crippen LogP contribution in [0.5, 0.6) is 0 Å². The predicted octanol–water partition coefficient (Wildman–Crippen LogP) is 3.99. The molecule has 0 bridgehead atoms. The summed E-state index contributed by atoms with van der Waals surface area (Å²) in [6, 6.07) is 5.12. The highest BCUT2D eigenvalue weighted by Crippen LogP contribution is 2.36. The summed E-state index contributed by atoms with van der Waals surface area (Å²) in [6.45, 7) is 0. The molecule has 1 aliphatic carbocycles. The van der Waals surface area contributed by atoms with Gasteiger partial charge in [-0.15, -0.1) is 11.3 Å². The first-order valence-electron chi connectivity index (χ1n) is 6.39. The van der Waals surface area contributed by atoms with Gasteiger partial charge in [-0.25, -0.2) is 8.78 Å². The molecule has 0 aliphatic heterocycles. The van der Waals surface area contributed by atoms with Crippen LogP contribution in [0.25, 0.3) is 0 Å². The third kappa shape index (κ3) is 2.42. The van der Waals surface area contributed by atoms with Crippen molar-refractivity contribution in [1.82, 2.24) is 0 Å². The number of benzene rings is 1. The van der Waals surface area contributed by atoms with Crippen molar-refractivity contribution < 1.29 is 13.9 Å². The average Bonchev–Trinajstić information content (AvgIpc) is 2.84. The second-order valence-electron chi connectivity index (χ2n) is 4.87. The van der Waals surface area contributed by atoms with Gasteiger partial charge in [-0.05, 0) is 55.5 Å². The lowest BCUT2D eigenvalue weighted by molar-refractivity contribution is 0.218. The summed E-state index contributed by atoms with van der Waals surface area (Å²) < 4.78 is 26.8. The number of halogens is 2. The fourth-order valence-electron chi connectivity index (χ4n) is 2.53. The molecule has 1 aromatic heterocycles. The predicted molar refractivity (Wildman–Crippen MR) is 71.4 cm³/mol. The van der Waals surface area contributed by atoms with Gasteiger partial charge in [0, 0.05) is 15.3 Å². The highest BCUT2D eigenvalue weighted by atomic mass is 32.1. The smallest absolute Gasteiger partial charge is 0.129 e. The molecule has 0 spiro atoms. The zero-order valence-electron chi connectivity index (χ0n) is 10.3. The largest absolute Gasteiger partial charge is 0.383 e. The molecule has 1 N–H and O–H groups in total. The number of aliphatic hydroxyl groups is 1. The van der Waals surface area contributed by atoms with Crippen LogP contribution >= 0.6 is 11.3 Å². The molecular weight excluding hydrogens is 266 g/mol. The number of hydrogen-bond acceptors (Lipinski definition) is 2. The summed E-state index contributed by atoms with van der Waals surface area (Å²) in [7, 11) is 0. The molecule has 100 valence electrons. The van der Waals surface area contributed by atoms with Crippen molar-refractivity contribution >= 4 is 11.3 Å². The second-order valence-corrected chi connectivity index (χ2v) is 6.04. The highest BCUT2D eigenvalue weighted by Gasteiger charge is 2.21. The van der Waals surface area contributed by atoms with Crippen LogP contribution in [0.1, 0.15) is 39.8 Å². The lowest BCUT2D eigenvalue weighted by Crippen LogP contribution is -2.01. The molecule has 1 heterocycles. The molecule has 1 aromatic carbocycles. The van der Waals surface area contributed by atoms with Gasteiger partial charge in [0.15, 0.2) is 0 Å². The molecule has 4 heteroatoms. The van der Waals surface area contributed by atoms with Crippen molar-refractivity contribution in [2.24, 2.45) is 0 Å². The number of hydrogen-bond donors (Lipinski definition) is 1. The summed E-state index contributed by atoms with van der Waals surface area (Å²) in [5.74, 6) is -1.10. The molecule has 1 unspecified atom stereocenters. The first kappa shape index (κ1) is 12.8. The Kier molecular flexibility index (Phi) is 3.37. The van der Waals surface area contributed by atoms with Crippen molar-refractivity contribution in [2.75, 3.05) is 0 Å². The van der Waals surface area contributed by atoms with Gasteiger partial charge in [0.25, 0.3) is 0 Å². The number of fused-ring (bicyclic) bond motifs is 1. The van der Waals surface area contributed by atoms with Crippen molar-refractivity contribution in [3.05, 3.63) is 56.8 Å². The van der Waals surface area contributed by atoms with Crippen molar-refractivity contribution in [3.8, 4) is 0 Å². The van der Waals surface area contributed by atoms with Gasteiger partial charge in [0.1, 0.15) is 17.7 Å². The summed E-state index contributed by atoms with van der Waals surface area (Å²) in [5, 5.41) is 10.3. The first-order chi connectivity index (χ1) is 9.15. The van der Waals surface area contributed by atoms with Gasteiger partial charge in [-0.3, -0.25) is 0 Å². The van der Waals surface area contributed by atoms with E-state index >= 15 is 0 Å². The number of aryl methyl sites for hydroxylation is 2. The minimum Gasteiger partial charge on any atom is -0.383 e. The maximum atomic E-state index is 13.7. The fourth-order valence-corrected chi connectivity index (χ4v) is 3.79. The summed E-state index contributed by atoms with van der Waals surface area (Å²) in [5.41, 5.74) is 1.26. The molecular formula is C15H14F2OS. The van der Waals surface area contributed by atoms with Crippen LogP contribution in [0.2, 0.25) is 0 Å². The zero-order chi connectivity index (χ0) is 13.4. The Bertz CT molecular complexity index is 583. The lowest BCUT2D eigenvalue weighted by Gasteiger charge is -2.10. The molecule has 1 atom stereocenters. The topological polar surface area (TPSA) is 20.2 Å². The van der Waals surface area contributed by atoms with E-state index in [9.17, 15) is 13.9 Å². The Morgan fingerprint density at radius 3 is 2.68 bits per heavy atom. The molecule has 1 aliphatic rings. The van der Waals surface area contributed by atoms with Crippen molar-refractivity contribution in [2.45, 2.75) is 31.8 Å². The van der Waals surface area contributed by atoms with Gasteiger partial charge in [0.05, 0.1) is 0 Å². The van der Waals surface area contributed by atoms with Crippen molar-refractivity contribution in [1.29, 1.82) is 0 Å². The van der Waals surface area contributed by atoms with E-state index < -0.39 is 17.7 Å². The van der Waals surface area contributed by atoms with Crippen LogP contribution in [0.15, 0.2) is 24.3 Å². The quantitative estimate of drug-likeness (QED) is 0.882. The van der Waals surface area contributed by atoms with Gasteiger partial charge < -0.3 is 5.11 Å².